The van der Waals surface area contributed by atoms with Crippen LogP contribution in [0.4, 0.5) is 0 Å². The molecule has 1 fully saturated rings. The van der Waals surface area contributed by atoms with Gasteiger partial charge in [0.1, 0.15) is 24.4 Å². The van der Waals surface area contributed by atoms with Crippen molar-refractivity contribution in [1.29, 1.82) is 0 Å². The van der Waals surface area contributed by atoms with Crippen molar-refractivity contribution in [1.82, 2.24) is 0 Å². The summed E-state index contributed by atoms with van der Waals surface area (Å²) in [7, 11) is 1.40. The van der Waals surface area contributed by atoms with Gasteiger partial charge >= 0.3 is 0 Å². The average molecular weight is 222 g/mol. The minimum Gasteiger partial charge on any atom is -0.394 e. The van der Waals surface area contributed by atoms with Gasteiger partial charge in [-0.3, -0.25) is 0 Å². The highest BCUT2D eigenvalue weighted by atomic mass is 16.7. The molecule has 1 aliphatic heterocycles. The number of ether oxygens (including phenoxy) is 3. The summed E-state index contributed by atoms with van der Waals surface area (Å²) in [5, 5.41) is 28.2. The van der Waals surface area contributed by atoms with Gasteiger partial charge < -0.3 is 29.5 Å². The van der Waals surface area contributed by atoms with Crippen LogP contribution >= 0.6 is 0 Å². The molecule has 0 amide bonds. The minimum atomic E-state index is -1.11. The standard InChI is InChI=1S/C9H18O6/c1-3-14-9-7(12)6(11)8(15-9)5(4-10)13-2/h5-12H,3-4H2,1-2H3/t5-,6-,7-,8-,9+/m1/s1. The number of methoxy groups -OCH3 is 1. The Hall–Kier alpha value is -0.240. The summed E-state index contributed by atoms with van der Waals surface area (Å²) in [6.07, 6.45) is -4.52. The van der Waals surface area contributed by atoms with Crippen molar-refractivity contribution in [3.05, 3.63) is 0 Å². The Kier molecular flexibility index (Phi) is 4.91. The summed E-state index contributed by atoms with van der Waals surface area (Å²) < 4.78 is 15.3. The van der Waals surface area contributed by atoms with Gasteiger partial charge in [-0.2, -0.15) is 0 Å². The van der Waals surface area contributed by atoms with Crippen molar-refractivity contribution in [2.75, 3.05) is 20.3 Å². The number of aliphatic hydroxyl groups excluding tert-OH is 3. The predicted molar refractivity (Wildman–Crippen MR) is 50.2 cm³/mol. The molecule has 6 heteroatoms. The molecule has 6 nitrogen and oxygen atoms in total. The Morgan fingerprint density at radius 2 is 2.00 bits per heavy atom. The molecule has 1 heterocycles. The van der Waals surface area contributed by atoms with E-state index < -0.39 is 30.7 Å². The molecule has 0 aromatic heterocycles. The molecule has 0 spiro atoms. The maximum absolute atomic E-state index is 9.64. The van der Waals surface area contributed by atoms with Crippen LogP contribution in [0.5, 0.6) is 0 Å². The molecule has 0 aromatic rings. The van der Waals surface area contributed by atoms with E-state index >= 15 is 0 Å². The van der Waals surface area contributed by atoms with Crippen molar-refractivity contribution < 1.29 is 29.5 Å². The van der Waals surface area contributed by atoms with Gasteiger partial charge in [0.2, 0.25) is 0 Å². The lowest BCUT2D eigenvalue weighted by atomic mass is 10.1. The van der Waals surface area contributed by atoms with E-state index in [2.05, 4.69) is 0 Å². The van der Waals surface area contributed by atoms with Crippen molar-refractivity contribution in [3.63, 3.8) is 0 Å². The summed E-state index contributed by atoms with van der Waals surface area (Å²) >= 11 is 0. The second-order valence-corrected chi connectivity index (χ2v) is 3.36. The lowest BCUT2D eigenvalue weighted by Crippen LogP contribution is -2.41. The van der Waals surface area contributed by atoms with Crippen LogP contribution in [0, 0.1) is 0 Å². The predicted octanol–water partition coefficient (Wildman–Crippen LogP) is -1.52. The molecule has 0 aromatic carbocycles. The molecule has 0 bridgehead atoms. The number of aliphatic hydroxyl groups is 3. The fourth-order valence-electron chi connectivity index (χ4n) is 1.59. The van der Waals surface area contributed by atoms with Gasteiger partial charge in [0, 0.05) is 13.7 Å². The van der Waals surface area contributed by atoms with E-state index in [0.29, 0.717) is 6.61 Å². The van der Waals surface area contributed by atoms with E-state index in [0.717, 1.165) is 0 Å². The van der Waals surface area contributed by atoms with Crippen LogP contribution in [0.25, 0.3) is 0 Å². The summed E-state index contributed by atoms with van der Waals surface area (Å²) in [5.74, 6) is 0. The fourth-order valence-corrected chi connectivity index (χ4v) is 1.59. The highest BCUT2D eigenvalue weighted by Crippen LogP contribution is 2.25. The average Bonchev–Trinajstić information content (AvgIpc) is 2.50. The minimum absolute atomic E-state index is 0.288. The largest absolute Gasteiger partial charge is 0.394 e. The van der Waals surface area contributed by atoms with Crippen LogP contribution in [0.2, 0.25) is 0 Å². The Morgan fingerprint density at radius 1 is 1.33 bits per heavy atom. The maximum atomic E-state index is 9.64. The lowest BCUT2D eigenvalue weighted by Gasteiger charge is -2.22. The van der Waals surface area contributed by atoms with Crippen molar-refractivity contribution in [2.45, 2.75) is 37.6 Å². The van der Waals surface area contributed by atoms with E-state index in [9.17, 15) is 10.2 Å². The number of hydrogen-bond donors (Lipinski definition) is 3. The highest BCUT2D eigenvalue weighted by molar-refractivity contribution is 4.91. The van der Waals surface area contributed by atoms with E-state index in [-0.39, 0.29) is 6.61 Å². The summed E-state index contributed by atoms with van der Waals surface area (Å²) in [4.78, 5) is 0. The molecule has 0 radical (unpaired) electrons. The highest BCUT2D eigenvalue weighted by Gasteiger charge is 2.46. The molecule has 90 valence electrons. The second kappa shape index (κ2) is 5.74. The number of hydrogen-bond acceptors (Lipinski definition) is 6. The lowest BCUT2D eigenvalue weighted by molar-refractivity contribution is -0.181. The zero-order chi connectivity index (χ0) is 11.4. The monoisotopic (exact) mass is 222 g/mol. The number of rotatable bonds is 5. The summed E-state index contributed by atoms with van der Waals surface area (Å²) in [6, 6.07) is 0. The van der Waals surface area contributed by atoms with E-state index in [4.69, 9.17) is 19.3 Å². The van der Waals surface area contributed by atoms with Gasteiger partial charge in [0.25, 0.3) is 0 Å². The molecule has 1 saturated heterocycles. The normalized spacial score (nSPS) is 38.2. The third-order valence-electron chi connectivity index (χ3n) is 2.44. The molecule has 5 atom stereocenters. The zero-order valence-electron chi connectivity index (χ0n) is 8.87. The van der Waals surface area contributed by atoms with E-state index in [1.165, 1.54) is 7.11 Å². The first kappa shape index (κ1) is 12.8. The molecule has 3 N–H and O–H groups in total. The molecular formula is C9H18O6. The summed E-state index contributed by atoms with van der Waals surface area (Å²) in [5.41, 5.74) is 0. The quantitative estimate of drug-likeness (QED) is 0.523. The Morgan fingerprint density at radius 3 is 2.47 bits per heavy atom. The Balaban J connectivity index is 2.61. The Bertz CT molecular complexity index is 183. The van der Waals surface area contributed by atoms with Gasteiger partial charge in [-0.25, -0.2) is 0 Å². The second-order valence-electron chi connectivity index (χ2n) is 3.36. The van der Waals surface area contributed by atoms with E-state index in [1.807, 2.05) is 0 Å². The topological polar surface area (TPSA) is 88.4 Å². The molecule has 1 aliphatic rings. The van der Waals surface area contributed by atoms with Gasteiger partial charge in [0.05, 0.1) is 6.61 Å². The molecule has 1 rings (SSSR count). The van der Waals surface area contributed by atoms with Crippen LogP contribution in [-0.2, 0) is 14.2 Å². The summed E-state index contributed by atoms with van der Waals surface area (Å²) in [6.45, 7) is 1.84. The molecule has 0 aliphatic carbocycles. The van der Waals surface area contributed by atoms with Crippen molar-refractivity contribution in [2.24, 2.45) is 0 Å². The molecule has 0 saturated carbocycles. The van der Waals surface area contributed by atoms with Gasteiger partial charge in [0.15, 0.2) is 6.29 Å². The maximum Gasteiger partial charge on any atom is 0.186 e. The molecular weight excluding hydrogens is 204 g/mol. The fraction of sp³-hybridized carbons (Fsp3) is 1.00. The Labute approximate surface area is 88.4 Å². The van der Waals surface area contributed by atoms with Crippen LogP contribution in [0.1, 0.15) is 6.92 Å². The molecule has 0 unspecified atom stereocenters. The zero-order valence-corrected chi connectivity index (χ0v) is 8.87. The van der Waals surface area contributed by atoms with Gasteiger partial charge in [-0.15, -0.1) is 0 Å². The van der Waals surface area contributed by atoms with Gasteiger partial charge in [-0.05, 0) is 6.92 Å². The van der Waals surface area contributed by atoms with Crippen LogP contribution in [-0.4, -0.2) is 66.3 Å². The SMILES string of the molecule is CCO[C@H]1O[C@H]([C@@H](CO)OC)[C@H](O)[C@H]1O. The first-order valence-electron chi connectivity index (χ1n) is 4.92. The van der Waals surface area contributed by atoms with Crippen LogP contribution < -0.4 is 0 Å². The smallest absolute Gasteiger partial charge is 0.186 e. The first-order chi connectivity index (χ1) is 7.15. The van der Waals surface area contributed by atoms with Crippen molar-refractivity contribution >= 4 is 0 Å². The third kappa shape index (κ3) is 2.66. The third-order valence-corrected chi connectivity index (χ3v) is 2.44. The molecule has 15 heavy (non-hydrogen) atoms. The van der Waals surface area contributed by atoms with E-state index in [1.54, 1.807) is 6.92 Å². The van der Waals surface area contributed by atoms with Crippen LogP contribution in [0.15, 0.2) is 0 Å². The van der Waals surface area contributed by atoms with Crippen molar-refractivity contribution in [3.8, 4) is 0 Å². The van der Waals surface area contributed by atoms with Gasteiger partial charge in [-0.1, -0.05) is 0 Å². The van der Waals surface area contributed by atoms with Crippen LogP contribution in [0.3, 0.4) is 0 Å². The first-order valence-corrected chi connectivity index (χ1v) is 4.92.